The van der Waals surface area contributed by atoms with Gasteiger partial charge in [-0.15, -0.1) is 0 Å². The van der Waals surface area contributed by atoms with Gasteiger partial charge in [0.25, 0.3) is 5.69 Å². The van der Waals surface area contributed by atoms with Crippen LogP contribution in [0.1, 0.15) is 26.2 Å². The molecular weight excluding hydrogens is 294 g/mol. The SMILES string of the molecule is CCCCCN(C)S(=O)(=O)c1ccc([N+](=O)[O-])c(NC)c1. The molecule has 0 aliphatic heterocycles. The summed E-state index contributed by atoms with van der Waals surface area (Å²) >= 11 is 0. The summed E-state index contributed by atoms with van der Waals surface area (Å²) in [7, 11) is -0.587. The lowest BCUT2D eigenvalue weighted by Crippen LogP contribution is -2.28. The Morgan fingerprint density at radius 1 is 1.33 bits per heavy atom. The third-order valence-corrected chi connectivity index (χ3v) is 5.07. The van der Waals surface area contributed by atoms with Crippen molar-refractivity contribution in [3.05, 3.63) is 28.3 Å². The number of hydrogen-bond donors (Lipinski definition) is 1. The molecule has 0 aliphatic carbocycles. The summed E-state index contributed by atoms with van der Waals surface area (Å²) in [6, 6.07) is 3.77. The van der Waals surface area contributed by atoms with E-state index in [0.717, 1.165) is 19.3 Å². The Morgan fingerprint density at radius 3 is 2.52 bits per heavy atom. The minimum Gasteiger partial charge on any atom is -0.383 e. The largest absolute Gasteiger partial charge is 0.383 e. The Bertz CT molecular complexity index is 601. The smallest absolute Gasteiger partial charge is 0.292 e. The van der Waals surface area contributed by atoms with Gasteiger partial charge in [-0.05, 0) is 18.6 Å². The van der Waals surface area contributed by atoms with Crippen molar-refractivity contribution >= 4 is 21.4 Å². The van der Waals surface area contributed by atoms with E-state index in [4.69, 9.17) is 0 Å². The van der Waals surface area contributed by atoms with Gasteiger partial charge in [0.15, 0.2) is 0 Å². The van der Waals surface area contributed by atoms with E-state index in [1.54, 1.807) is 0 Å². The summed E-state index contributed by atoms with van der Waals surface area (Å²) in [6.07, 6.45) is 2.76. The Labute approximate surface area is 125 Å². The van der Waals surface area contributed by atoms with Crippen LogP contribution in [0, 0.1) is 10.1 Å². The Hall–Kier alpha value is -1.67. The minimum absolute atomic E-state index is 0.0523. The highest BCUT2D eigenvalue weighted by atomic mass is 32.2. The molecule has 0 atom stereocenters. The summed E-state index contributed by atoms with van der Waals surface area (Å²) < 4.78 is 26.1. The first-order chi connectivity index (χ1) is 9.84. The van der Waals surface area contributed by atoms with Gasteiger partial charge in [0.05, 0.1) is 9.82 Å². The van der Waals surface area contributed by atoms with Gasteiger partial charge in [-0.25, -0.2) is 12.7 Å². The van der Waals surface area contributed by atoms with Gasteiger partial charge < -0.3 is 5.32 Å². The predicted molar refractivity (Wildman–Crippen MR) is 82.0 cm³/mol. The average molecular weight is 315 g/mol. The average Bonchev–Trinajstić information content (AvgIpc) is 2.46. The van der Waals surface area contributed by atoms with Gasteiger partial charge >= 0.3 is 0 Å². The molecule has 0 heterocycles. The van der Waals surface area contributed by atoms with Gasteiger partial charge in [-0.1, -0.05) is 19.8 Å². The second kappa shape index (κ2) is 7.37. The van der Waals surface area contributed by atoms with Crippen LogP contribution in [0.4, 0.5) is 11.4 Å². The summed E-state index contributed by atoms with van der Waals surface area (Å²) in [5.41, 5.74) is 0.0353. The van der Waals surface area contributed by atoms with Crippen LogP contribution in [-0.2, 0) is 10.0 Å². The quantitative estimate of drug-likeness (QED) is 0.452. The highest BCUT2D eigenvalue weighted by Gasteiger charge is 2.23. The zero-order chi connectivity index (χ0) is 16.0. The van der Waals surface area contributed by atoms with Crippen LogP contribution < -0.4 is 5.32 Å². The molecule has 0 saturated carbocycles. The molecule has 0 aromatic heterocycles. The molecule has 21 heavy (non-hydrogen) atoms. The number of nitro benzene ring substituents is 1. The molecule has 0 fully saturated rings. The molecule has 0 saturated heterocycles. The molecule has 1 rings (SSSR count). The maximum atomic E-state index is 12.4. The van der Waals surface area contributed by atoms with Crippen molar-refractivity contribution in [3.63, 3.8) is 0 Å². The molecule has 7 nitrogen and oxygen atoms in total. The van der Waals surface area contributed by atoms with E-state index in [0.29, 0.717) is 6.54 Å². The fourth-order valence-corrected chi connectivity index (χ4v) is 3.16. The minimum atomic E-state index is -3.62. The molecule has 0 radical (unpaired) electrons. The zero-order valence-electron chi connectivity index (χ0n) is 12.5. The topological polar surface area (TPSA) is 92.5 Å². The van der Waals surface area contributed by atoms with Crippen LogP contribution in [-0.4, -0.2) is 38.3 Å². The van der Waals surface area contributed by atoms with Gasteiger partial charge in [-0.3, -0.25) is 10.1 Å². The normalized spacial score (nSPS) is 11.6. The molecule has 118 valence electrons. The molecule has 0 bridgehead atoms. The lowest BCUT2D eigenvalue weighted by Gasteiger charge is -2.17. The number of hydrogen-bond acceptors (Lipinski definition) is 5. The van der Waals surface area contributed by atoms with Crippen LogP contribution in [0.3, 0.4) is 0 Å². The molecule has 1 aromatic rings. The van der Waals surface area contributed by atoms with Crippen molar-refractivity contribution in [1.29, 1.82) is 0 Å². The first kappa shape index (κ1) is 17.4. The highest BCUT2D eigenvalue weighted by Crippen LogP contribution is 2.28. The number of sulfonamides is 1. The summed E-state index contributed by atoms with van der Waals surface area (Å²) in [4.78, 5) is 10.4. The summed E-state index contributed by atoms with van der Waals surface area (Å²) in [6.45, 7) is 2.48. The van der Waals surface area contributed by atoms with Crippen molar-refractivity contribution in [1.82, 2.24) is 4.31 Å². The monoisotopic (exact) mass is 315 g/mol. The maximum absolute atomic E-state index is 12.4. The number of rotatable bonds is 8. The third kappa shape index (κ3) is 4.15. The second-order valence-electron chi connectivity index (χ2n) is 4.72. The number of nitrogens with zero attached hydrogens (tertiary/aromatic N) is 2. The van der Waals surface area contributed by atoms with E-state index >= 15 is 0 Å². The van der Waals surface area contributed by atoms with Crippen molar-refractivity contribution in [2.24, 2.45) is 0 Å². The predicted octanol–water partition coefficient (Wildman–Crippen LogP) is 2.45. The molecule has 0 amide bonds. The maximum Gasteiger partial charge on any atom is 0.292 e. The van der Waals surface area contributed by atoms with Crippen LogP contribution in [0.5, 0.6) is 0 Å². The van der Waals surface area contributed by atoms with Crippen LogP contribution in [0.25, 0.3) is 0 Å². The lowest BCUT2D eigenvalue weighted by molar-refractivity contribution is -0.384. The van der Waals surface area contributed by atoms with E-state index < -0.39 is 14.9 Å². The van der Waals surface area contributed by atoms with Gasteiger partial charge in [0.1, 0.15) is 5.69 Å². The van der Waals surface area contributed by atoms with Gasteiger partial charge in [0.2, 0.25) is 10.0 Å². The van der Waals surface area contributed by atoms with E-state index in [2.05, 4.69) is 5.32 Å². The Balaban J connectivity index is 3.06. The summed E-state index contributed by atoms with van der Waals surface area (Å²) in [5, 5.41) is 13.5. The van der Waals surface area contributed by atoms with E-state index in [1.165, 1.54) is 36.6 Å². The first-order valence-corrected chi connectivity index (χ1v) is 8.21. The molecule has 0 aliphatic rings. The fraction of sp³-hybridized carbons (Fsp3) is 0.538. The van der Waals surface area contributed by atoms with E-state index in [9.17, 15) is 18.5 Å². The second-order valence-corrected chi connectivity index (χ2v) is 6.76. The molecule has 1 N–H and O–H groups in total. The fourth-order valence-electron chi connectivity index (χ4n) is 1.92. The molecule has 0 unspecified atom stereocenters. The van der Waals surface area contributed by atoms with Crippen LogP contribution >= 0.6 is 0 Å². The number of benzene rings is 1. The van der Waals surface area contributed by atoms with Crippen LogP contribution in [0.15, 0.2) is 23.1 Å². The van der Waals surface area contributed by atoms with Crippen molar-refractivity contribution in [2.45, 2.75) is 31.1 Å². The summed E-state index contributed by atoms with van der Waals surface area (Å²) in [5.74, 6) is 0. The molecule has 1 aromatic carbocycles. The van der Waals surface area contributed by atoms with Crippen LogP contribution in [0.2, 0.25) is 0 Å². The van der Waals surface area contributed by atoms with Gasteiger partial charge in [-0.2, -0.15) is 0 Å². The molecular formula is C13H21N3O4S. The Kier molecular flexibility index (Phi) is 6.10. The zero-order valence-corrected chi connectivity index (χ0v) is 13.3. The number of nitrogens with one attached hydrogen (secondary N) is 1. The number of anilines is 1. The Morgan fingerprint density at radius 2 is 2.00 bits per heavy atom. The number of unbranched alkanes of at least 4 members (excludes halogenated alkanes) is 2. The van der Waals surface area contributed by atoms with Crippen molar-refractivity contribution < 1.29 is 13.3 Å². The standard InChI is InChI=1S/C13H21N3O4S/c1-4-5-6-9-15(3)21(19,20)11-7-8-13(16(17)18)12(10-11)14-2/h7-8,10,14H,4-6,9H2,1-3H3. The van der Waals surface area contributed by atoms with E-state index in [1.807, 2.05) is 6.92 Å². The highest BCUT2D eigenvalue weighted by molar-refractivity contribution is 7.89. The number of nitro groups is 1. The molecule has 0 spiro atoms. The van der Waals surface area contributed by atoms with Crippen molar-refractivity contribution in [2.75, 3.05) is 26.0 Å². The van der Waals surface area contributed by atoms with E-state index in [-0.39, 0.29) is 16.3 Å². The first-order valence-electron chi connectivity index (χ1n) is 6.77. The lowest BCUT2D eigenvalue weighted by atomic mass is 10.2. The third-order valence-electron chi connectivity index (χ3n) is 3.22. The van der Waals surface area contributed by atoms with Gasteiger partial charge in [0, 0.05) is 26.7 Å². The molecule has 8 heteroatoms. The van der Waals surface area contributed by atoms with Crippen molar-refractivity contribution in [3.8, 4) is 0 Å².